The number of likely N-dealkylation sites (tertiary alicyclic amines) is 1. The molecule has 1 N–H and O–H groups in total. The number of rotatable bonds is 3. The van der Waals surface area contributed by atoms with E-state index in [1.54, 1.807) is 6.92 Å². The van der Waals surface area contributed by atoms with Gasteiger partial charge in [0.1, 0.15) is 11.9 Å². The molecule has 0 aliphatic carbocycles. The predicted molar refractivity (Wildman–Crippen MR) is 70.0 cm³/mol. The van der Waals surface area contributed by atoms with Crippen molar-refractivity contribution in [3.63, 3.8) is 0 Å². The topological polar surface area (TPSA) is 56.1 Å². The molecule has 100 valence electrons. The van der Waals surface area contributed by atoms with Crippen molar-refractivity contribution >= 4 is 11.6 Å². The lowest BCUT2D eigenvalue weighted by Crippen LogP contribution is -2.39. The lowest BCUT2D eigenvalue weighted by molar-refractivity contribution is -0.130. The highest BCUT2D eigenvalue weighted by molar-refractivity contribution is 5.84. The van der Waals surface area contributed by atoms with Crippen LogP contribution in [0.5, 0.6) is 0 Å². The number of nitrogens with zero attached hydrogens (tertiary/aromatic N) is 2. The smallest absolute Gasteiger partial charge is 0.244 e. The van der Waals surface area contributed by atoms with E-state index in [0.29, 0.717) is 5.69 Å². The van der Waals surface area contributed by atoms with Gasteiger partial charge in [0, 0.05) is 18.8 Å². The van der Waals surface area contributed by atoms with Gasteiger partial charge in [0.15, 0.2) is 0 Å². The van der Waals surface area contributed by atoms with Crippen LogP contribution in [-0.4, -0.2) is 29.9 Å². The van der Waals surface area contributed by atoms with Gasteiger partial charge in [-0.2, -0.15) is 5.26 Å². The predicted octanol–water partition coefficient (Wildman–Crippen LogP) is 2.12. The summed E-state index contributed by atoms with van der Waals surface area (Å²) in [4.78, 5) is 13.9. The van der Waals surface area contributed by atoms with Crippen LogP contribution in [0, 0.1) is 17.1 Å². The van der Waals surface area contributed by atoms with Crippen LogP contribution in [0.3, 0.4) is 0 Å². The Labute approximate surface area is 111 Å². The SMILES string of the molecule is CC(Nc1cc(F)cc(C#N)c1)C(=O)N1CCCC1. The molecule has 4 nitrogen and oxygen atoms in total. The molecule has 1 aliphatic rings. The molecule has 0 radical (unpaired) electrons. The molecule has 0 aromatic heterocycles. The number of hydrogen-bond acceptors (Lipinski definition) is 3. The van der Waals surface area contributed by atoms with Crippen LogP contribution in [-0.2, 0) is 4.79 Å². The Kier molecular flexibility index (Phi) is 4.00. The molecule has 0 spiro atoms. The summed E-state index contributed by atoms with van der Waals surface area (Å²) in [6, 6.07) is 5.46. The molecular weight excluding hydrogens is 245 g/mol. The Morgan fingerprint density at radius 2 is 2.11 bits per heavy atom. The summed E-state index contributed by atoms with van der Waals surface area (Å²) in [5.41, 5.74) is 0.694. The van der Waals surface area contributed by atoms with Gasteiger partial charge in [0.25, 0.3) is 0 Å². The molecule has 1 aromatic rings. The van der Waals surface area contributed by atoms with Gasteiger partial charge < -0.3 is 10.2 Å². The Balaban J connectivity index is 2.06. The molecule has 1 unspecified atom stereocenters. The fourth-order valence-electron chi connectivity index (χ4n) is 2.26. The number of hydrogen-bond donors (Lipinski definition) is 1. The molecule has 19 heavy (non-hydrogen) atoms. The van der Waals surface area contributed by atoms with Crippen molar-refractivity contribution in [3.8, 4) is 6.07 Å². The quantitative estimate of drug-likeness (QED) is 0.906. The summed E-state index contributed by atoms with van der Waals surface area (Å²) in [6.07, 6.45) is 2.08. The fraction of sp³-hybridized carbons (Fsp3) is 0.429. The van der Waals surface area contributed by atoms with E-state index in [-0.39, 0.29) is 11.5 Å². The summed E-state index contributed by atoms with van der Waals surface area (Å²) in [5, 5.41) is 11.7. The second-order valence-corrected chi connectivity index (χ2v) is 4.74. The van der Waals surface area contributed by atoms with Gasteiger partial charge in [-0.05, 0) is 38.0 Å². The van der Waals surface area contributed by atoms with E-state index >= 15 is 0 Å². The molecule has 5 heteroatoms. The Morgan fingerprint density at radius 3 is 2.74 bits per heavy atom. The number of nitrogens with one attached hydrogen (secondary N) is 1. The van der Waals surface area contributed by atoms with E-state index in [9.17, 15) is 9.18 Å². The van der Waals surface area contributed by atoms with Crippen molar-refractivity contribution in [2.75, 3.05) is 18.4 Å². The highest BCUT2D eigenvalue weighted by atomic mass is 19.1. The van der Waals surface area contributed by atoms with Crippen LogP contribution in [0.1, 0.15) is 25.3 Å². The molecule has 0 bridgehead atoms. The highest BCUT2D eigenvalue weighted by Crippen LogP contribution is 2.16. The number of halogens is 1. The maximum absolute atomic E-state index is 13.3. The van der Waals surface area contributed by atoms with Crippen LogP contribution in [0.4, 0.5) is 10.1 Å². The van der Waals surface area contributed by atoms with Crippen LogP contribution >= 0.6 is 0 Å². The lowest BCUT2D eigenvalue weighted by Gasteiger charge is -2.22. The van der Waals surface area contributed by atoms with Crippen molar-refractivity contribution in [1.29, 1.82) is 5.26 Å². The molecule has 2 rings (SSSR count). The van der Waals surface area contributed by atoms with Gasteiger partial charge in [0.2, 0.25) is 5.91 Å². The van der Waals surface area contributed by atoms with Gasteiger partial charge in [-0.15, -0.1) is 0 Å². The molecule has 1 aromatic carbocycles. The molecule has 1 saturated heterocycles. The van der Waals surface area contributed by atoms with Crippen molar-refractivity contribution in [2.24, 2.45) is 0 Å². The van der Waals surface area contributed by atoms with Crippen molar-refractivity contribution < 1.29 is 9.18 Å². The fourth-order valence-corrected chi connectivity index (χ4v) is 2.26. The van der Waals surface area contributed by atoms with Gasteiger partial charge in [-0.25, -0.2) is 4.39 Å². The van der Waals surface area contributed by atoms with E-state index in [0.717, 1.165) is 32.0 Å². The van der Waals surface area contributed by atoms with E-state index < -0.39 is 11.9 Å². The first-order chi connectivity index (χ1) is 9.10. The van der Waals surface area contributed by atoms with Crippen LogP contribution in [0.15, 0.2) is 18.2 Å². The minimum atomic E-state index is -0.484. The average Bonchev–Trinajstić information content (AvgIpc) is 2.90. The Bertz CT molecular complexity index is 518. The van der Waals surface area contributed by atoms with Crippen molar-refractivity contribution in [3.05, 3.63) is 29.6 Å². The zero-order chi connectivity index (χ0) is 13.8. The molecule has 1 heterocycles. The second-order valence-electron chi connectivity index (χ2n) is 4.74. The number of amides is 1. The van der Waals surface area contributed by atoms with Crippen LogP contribution < -0.4 is 5.32 Å². The summed E-state index contributed by atoms with van der Waals surface area (Å²) in [7, 11) is 0. The standard InChI is InChI=1S/C14H16FN3O/c1-10(14(19)18-4-2-3-5-18)17-13-7-11(9-16)6-12(15)8-13/h6-8,10,17H,2-5H2,1H3. The van der Waals surface area contributed by atoms with Crippen LogP contribution in [0.2, 0.25) is 0 Å². The number of carbonyl (C=O) groups excluding carboxylic acids is 1. The Morgan fingerprint density at radius 1 is 1.42 bits per heavy atom. The first-order valence-electron chi connectivity index (χ1n) is 6.36. The van der Waals surface area contributed by atoms with E-state index in [2.05, 4.69) is 5.32 Å². The van der Waals surface area contributed by atoms with Crippen LogP contribution in [0.25, 0.3) is 0 Å². The van der Waals surface area contributed by atoms with E-state index in [1.807, 2.05) is 11.0 Å². The molecule has 1 amide bonds. The summed E-state index contributed by atoms with van der Waals surface area (Å²) in [6.45, 7) is 3.33. The second kappa shape index (κ2) is 5.70. The van der Waals surface area contributed by atoms with Gasteiger partial charge in [-0.3, -0.25) is 4.79 Å². The highest BCUT2D eigenvalue weighted by Gasteiger charge is 2.23. The molecule has 1 aliphatic heterocycles. The third-order valence-electron chi connectivity index (χ3n) is 3.20. The number of anilines is 1. The maximum atomic E-state index is 13.3. The summed E-state index contributed by atoms with van der Waals surface area (Å²) >= 11 is 0. The summed E-state index contributed by atoms with van der Waals surface area (Å²) < 4.78 is 13.3. The van der Waals surface area contributed by atoms with Crippen molar-refractivity contribution in [2.45, 2.75) is 25.8 Å². The third kappa shape index (κ3) is 3.22. The third-order valence-corrected chi connectivity index (χ3v) is 3.20. The largest absolute Gasteiger partial charge is 0.374 e. The van der Waals surface area contributed by atoms with Gasteiger partial charge in [0.05, 0.1) is 11.6 Å². The minimum Gasteiger partial charge on any atom is -0.374 e. The zero-order valence-electron chi connectivity index (χ0n) is 10.8. The van der Waals surface area contributed by atoms with Gasteiger partial charge >= 0.3 is 0 Å². The molecule has 1 atom stereocenters. The monoisotopic (exact) mass is 261 g/mol. The van der Waals surface area contributed by atoms with Gasteiger partial charge in [-0.1, -0.05) is 0 Å². The molecule has 1 fully saturated rings. The Hall–Kier alpha value is -2.09. The number of benzene rings is 1. The van der Waals surface area contributed by atoms with E-state index in [1.165, 1.54) is 12.1 Å². The lowest BCUT2D eigenvalue weighted by atomic mass is 10.2. The minimum absolute atomic E-state index is 0.0141. The van der Waals surface area contributed by atoms with Crippen molar-refractivity contribution in [1.82, 2.24) is 4.90 Å². The normalized spacial score (nSPS) is 15.9. The number of nitriles is 1. The van der Waals surface area contributed by atoms with E-state index in [4.69, 9.17) is 5.26 Å². The summed E-state index contributed by atoms with van der Waals surface area (Å²) in [5.74, 6) is -0.470. The maximum Gasteiger partial charge on any atom is 0.244 e. The molecular formula is C14H16FN3O. The average molecular weight is 261 g/mol. The first-order valence-corrected chi connectivity index (χ1v) is 6.36. The molecule has 0 saturated carbocycles. The zero-order valence-corrected chi connectivity index (χ0v) is 10.8. The number of carbonyl (C=O) groups is 1. The first kappa shape index (κ1) is 13.3.